The van der Waals surface area contributed by atoms with Crippen molar-refractivity contribution in [2.24, 2.45) is 11.3 Å². The molecule has 2 fully saturated rings. The van der Waals surface area contributed by atoms with Crippen LogP contribution in [-0.2, 0) is 14.3 Å². The third kappa shape index (κ3) is 4.26. The van der Waals surface area contributed by atoms with Crippen molar-refractivity contribution in [2.45, 2.75) is 38.5 Å². The van der Waals surface area contributed by atoms with Crippen LogP contribution < -0.4 is 0 Å². The molecule has 0 N–H and O–H groups in total. The molecule has 3 aliphatic rings. The first-order valence-corrected chi connectivity index (χ1v) is 9.87. The molecule has 25 heavy (non-hydrogen) atoms. The van der Waals surface area contributed by atoms with E-state index in [0.717, 1.165) is 77.2 Å². The van der Waals surface area contributed by atoms with Gasteiger partial charge in [-0.2, -0.15) is 0 Å². The van der Waals surface area contributed by atoms with E-state index in [-0.39, 0.29) is 0 Å². The Balaban J connectivity index is 1.60. The fourth-order valence-corrected chi connectivity index (χ4v) is 4.92. The maximum absolute atomic E-state index is 12.8. The lowest BCUT2D eigenvalue weighted by Crippen LogP contribution is -2.47. The zero-order chi connectivity index (χ0) is 17.7. The number of hydrogen-bond acceptors (Lipinski definition) is 4. The quantitative estimate of drug-likeness (QED) is 0.737. The van der Waals surface area contributed by atoms with Crippen LogP contribution in [0.1, 0.15) is 38.5 Å². The topological polar surface area (TPSA) is 42.0 Å². The largest absolute Gasteiger partial charge is 0.384 e. The number of allylic oxidation sites excluding steroid dienone is 1. The first-order chi connectivity index (χ1) is 12.2. The molecule has 0 aromatic rings. The molecule has 2 saturated heterocycles. The summed E-state index contributed by atoms with van der Waals surface area (Å²) in [6, 6.07) is 0. The van der Waals surface area contributed by atoms with Gasteiger partial charge < -0.3 is 19.3 Å². The van der Waals surface area contributed by atoms with E-state index in [1.54, 1.807) is 14.2 Å². The van der Waals surface area contributed by atoms with Crippen LogP contribution in [0.15, 0.2) is 11.6 Å². The molecule has 0 aromatic heterocycles. The van der Waals surface area contributed by atoms with Crippen LogP contribution in [0.25, 0.3) is 0 Å². The third-order valence-electron chi connectivity index (χ3n) is 6.47. The van der Waals surface area contributed by atoms with Crippen LogP contribution in [-0.4, -0.2) is 75.9 Å². The zero-order valence-corrected chi connectivity index (χ0v) is 16.0. The number of likely N-dealkylation sites (tertiary alicyclic amines) is 2. The number of hydrogen-bond donors (Lipinski definition) is 0. The van der Waals surface area contributed by atoms with Crippen molar-refractivity contribution in [3.05, 3.63) is 11.6 Å². The molecule has 1 atom stereocenters. The average Bonchev–Trinajstić information content (AvgIpc) is 2.98. The fraction of sp³-hybridized carbons (Fsp3) is 0.850. The van der Waals surface area contributed by atoms with Gasteiger partial charge in [0.1, 0.15) is 0 Å². The summed E-state index contributed by atoms with van der Waals surface area (Å²) in [4.78, 5) is 17.4. The first-order valence-electron chi connectivity index (χ1n) is 9.87. The van der Waals surface area contributed by atoms with Crippen LogP contribution in [0.5, 0.6) is 0 Å². The summed E-state index contributed by atoms with van der Waals surface area (Å²) in [5, 5.41) is 0. The van der Waals surface area contributed by atoms with Gasteiger partial charge >= 0.3 is 0 Å². The molecule has 2 heterocycles. The molecular weight excluding hydrogens is 316 g/mol. The van der Waals surface area contributed by atoms with Crippen molar-refractivity contribution in [1.82, 2.24) is 9.80 Å². The van der Waals surface area contributed by atoms with Gasteiger partial charge in [-0.1, -0.05) is 6.08 Å². The number of rotatable bonds is 6. The van der Waals surface area contributed by atoms with Crippen molar-refractivity contribution in [3.8, 4) is 0 Å². The Labute approximate surface area is 152 Å². The normalized spacial score (nSPS) is 26.9. The molecule has 2 aliphatic heterocycles. The highest BCUT2D eigenvalue weighted by molar-refractivity contribution is 5.93. The smallest absolute Gasteiger partial charge is 0.249 e. The molecule has 0 radical (unpaired) electrons. The summed E-state index contributed by atoms with van der Waals surface area (Å²) in [6.45, 7) is 6.61. The Kier molecular flexibility index (Phi) is 6.53. The molecule has 3 rings (SSSR count). The minimum atomic E-state index is 0.298. The van der Waals surface area contributed by atoms with Crippen LogP contribution in [0, 0.1) is 11.3 Å². The van der Waals surface area contributed by atoms with E-state index in [1.807, 2.05) is 0 Å². The SMILES string of the molecule is COCCN1C[C@@H](COC)C2(CCN(C(=O)C3=CCCCC3)CC2)C1. The number of nitrogens with zero attached hydrogens (tertiary/aromatic N) is 2. The Hall–Kier alpha value is -0.910. The lowest BCUT2D eigenvalue weighted by atomic mass is 9.71. The number of ether oxygens (including phenoxy) is 2. The summed E-state index contributed by atoms with van der Waals surface area (Å²) < 4.78 is 10.8. The standard InChI is InChI=1S/C20H34N2O3/c1-24-13-12-21-14-18(15-25-2)20(16-21)8-10-22(11-9-20)19(23)17-6-4-3-5-7-17/h6,18H,3-5,7-16H2,1-2H3/t18-/m0/s1. The second-order valence-corrected chi connectivity index (χ2v) is 8.01. The molecule has 5 heteroatoms. The lowest BCUT2D eigenvalue weighted by Gasteiger charge is -2.43. The Bertz CT molecular complexity index is 483. The number of methoxy groups -OCH3 is 2. The summed E-state index contributed by atoms with van der Waals surface area (Å²) in [6.07, 6.45) is 8.81. The minimum absolute atomic E-state index is 0.298. The molecule has 1 spiro atoms. The molecule has 0 bridgehead atoms. The molecule has 0 aromatic carbocycles. The second kappa shape index (κ2) is 8.65. The van der Waals surface area contributed by atoms with Gasteiger partial charge in [-0.15, -0.1) is 0 Å². The van der Waals surface area contributed by atoms with Gasteiger partial charge in [0.15, 0.2) is 0 Å². The van der Waals surface area contributed by atoms with Gasteiger partial charge in [-0.05, 0) is 43.9 Å². The van der Waals surface area contributed by atoms with E-state index in [1.165, 1.54) is 12.8 Å². The molecule has 0 saturated carbocycles. The maximum atomic E-state index is 12.8. The monoisotopic (exact) mass is 350 g/mol. The number of carbonyl (C=O) groups is 1. The van der Waals surface area contributed by atoms with Gasteiger partial charge in [0.25, 0.3) is 0 Å². The fourth-order valence-electron chi connectivity index (χ4n) is 4.92. The van der Waals surface area contributed by atoms with Gasteiger partial charge in [0.05, 0.1) is 13.2 Å². The molecule has 0 unspecified atom stereocenters. The number of carbonyl (C=O) groups excluding carboxylic acids is 1. The summed E-state index contributed by atoms with van der Waals surface area (Å²) in [5.41, 5.74) is 1.37. The van der Waals surface area contributed by atoms with Gasteiger partial charge in [0.2, 0.25) is 5.91 Å². The Morgan fingerprint density at radius 2 is 2.04 bits per heavy atom. The molecule has 1 aliphatic carbocycles. The Morgan fingerprint density at radius 1 is 1.24 bits per heavy atom. The lowest BCUT2D eigenvalue weighted by molar-refractivity contribution is -0.130. The second-order valence-electron chi connectivity index (χ2n) is 8.01. The van der Waals surface area contributed by atoms with Gasteiger partial charge in [-0.3, -0.25) is 4.79 Å². The minimum Gasteiger partial charge on any atom is -0.384 e. The highest BCUT2D eigenvalue weighted by atomic mass is 16.5. The van der Waals surface area contributed by atoms with E-state index in [9.17, 15) is 4.79 Å². The summed E-state index contributed by atoms with van der Waals surface area (Å²) in [5.74, 6) is 0.868. The summed E-state index contributed by atoms with van der Waals surface area (Å²) >= 11 is 0. The molecule has 142 valence electrons. The van der Waals surface area contributed by atoms with Crippen LogP contribution in [0.4, 0.5) is 0 Å². The van der Waals surface area contributed by atoms with Crippen molar-refractivity contribution in [3.63, 3.8) is 0 Å². The van der Waals surface area contributed by atoms with Crippen molar-refractivity contribution < 1.29 is 14.3 Å². The third-order valence-corrected chi connectivity index (χ3v) is 6.47. The van der Waals surface area contributed by atoms with Gasteiger partial charge in [0, 0.05) is 58.4 Å². The van der Waals surface area contributed by atoms with Crippen LogP contribution in [0.2, 0.25) is 0 Å². The van der Waals surface area contributed by atoms with Gasteiger partial charge in [-0.25, -0.2) is 0 Å². The molecule has 1 amide bonds. The predicted molar refractivity (Wildman–Crippen MR) is 98.5 cm³/mol. The predicted octanol–water partition coefficient (Wildman–Crippen LogP) is 2.32. The van der Waals surface area contributed by atoms with E-state index in [0.29, 0.717) is 17.2 Å². The number of amides is 1. The van der Waals surface area contributed by atoms with E-state index in [4.69, 9.17) is 9.47 Å². The highest BCUT2D eigenvalue weighted by Crippen LogP contribution is 2.45. The van der Waals surface area contributed by atoms with Crippen molar-refractivity contribution in [2.75, 3.05) is 60.2 Å². The summed E-state index contributed by atoms with van der Waals surface area (Å²) in [7, 11) is 3.57. The van der Waals surface area contributed by atoms with Crippen LogP contribution >= 0.6 is 0 Å². The average molecular weight is 351 g/mol. The first kappa shape index (κ1) is 18.9. The van der Waals surface area contributed by atoms with Crippen LogP contribution in [0.3, 0.4) is 0 Å². The highest BCUT2D eigenvalue weighted by Gasteiger charge is 2.48. The molecular formula is C20H34N2O3. The van der Waals surface area contributed by atoms with Crippen molar-refractivity contribution in [1.29, 1.82) is 0 Å². The van der Waals surface area contributed by atoms with E-state index in [2.05, 4.69) is 15.9 Å². The Morgan fingerprint density at radius 3 is 2.68 bits per heavy atom. The number of piperidine rings is 1. The maximum Gasteiger partial charge on any atom is 0.249 e. The molecule has 5 nitrogen and oxygen atoms in total. The van der Waals surface area contributed by atoms with Crippen molar-refractivity contribution >= 4 is 5.91 Å². The zero-order valence-electron chi connectivity index (χ0n) is 16.0. The van der Waals surface area contributed by atoms with E-state index >= 15 is 0 Å². The van der Waals surface area contributed by atoms with E-state index < -0.39 is 0 Å².